The number of amides is 1. The Morgan fingerprint density at radius 1 is 0.781 bits per heavy atom. The molecule has 0 aliphatic heterocycles. The largest absolute Gasteiger partial charge is 0.462 e. The Morgan fingerprint density at radius 2 is 1.50 bits per heavy atom. The van der Waals surface area contributed by atoms with Gasteiger partial charge in [0.1, 0.15) is 0 Å². The Balaban J connectivity index is 1.56. The van der Waals surface area contributed by atoms with Gasteiger partial charge in [0.2, 0.25) is 0 Å². The molecule has 1 amide bonds. The Kier molecular flexibility index (Phi) is 9.05. The van der Waals surface area contributed by atoms with E-state index in [1.165, 1.54) is 5.56 Å². The molecule has 3 aromatic rings. The highest BCUT2D eigenvalue weighted by Crippen LogP contribution is 2.17. The molecule has 0 atom stereocenters. The maximum Gasteiger partial charge on any atom is 0.338 e. The highest BCUT2D eigenvalue weighted by molar-refractivity contribution is 6.05. The summed E-state index contributed by atoms with van der Waals surface area (Å²) in [5.41, 5.74) is 4.06. The average molecular weight is 430 g/mol. The molecule has 0 spiro atoms. The van der Waals surface area contributed by atoms with Crippen molar-refractivity contribution in [1.29, 1.82) is 0 Å². The minimum atomic E-state index is -0.328. The van der Waals surface area contributed by atoms with Gasteiger partial charge in [0.15, 0.2) is 0 Å². The van der Waals surface area contributed by atoms with Crippen molar-refractivity contribution < 1.29 is 14.3 Å². The van der Waals surface area contributed by atoms with Crippen LogP contribution in [0.25, 0.3) is 0 Å². The number of benzene rings is 3. The summed E-state index contributed by atoms with van der Waals surface area (Å²) in [4.78, 5) is 25.0. The van der Waals surface area contributed by atoms with Crippen LogP contribution in [-0.4, -0.2) is 18.5 Å². The van der Waals surface area contributed by atoms with E-state index in [1.54, 1.807) is 24.3 Å². The Labute approximate surface area is 190 Å². The number of hydrogen-bond acceptors (Lipinski definition) is 3. The third-order valence-electron chi connectivity index (χ3n) is 5.40. The first-order chi connectivity index (χ1) is 15.7. The number of esters is 1. The predicted molar refractivity (Wildman–Crippen MR) is 129 cm³/mol. The van der Waals surface area contributed by atoms with Crippen LogP contribution < -0.4 is 5.32 Å². The third-order valence-corrected chi connectivity index (χ3v) is 5.40. The Bertz CT molecular complexity index is 997. The molecular weight excluding hydrogens is 398 g/mol. The van der Waals surface area contributed by atoms with Crippen LogP contribution in [0, 0.1) is 0 Å². The first kappa shape index (κ1) is 23.3. The number of nitrogens with one attached hydrogen (secondary N) is 1. The molecule has 4 nitrogen and oxygen atoms in total. The van der Waals surface area contributed by atoms with Crippen molar-refractivity contribution in [2.24, 2.45) is 0 Å². The molecule has 0 heterocycles. The lowest BCUT2D eigenvalue weighted by Crippen LogP contribution is -2.15. The van der Waals surface area contributed by atoms with Gasteiger partial charge < -0.3 is 10.1 Å². The topological polar surface area (TPSA) is 55.4 Å². The van der Waals surface area contributed by atoms with Gasteiger partial charge in [-0.3, -0.25) is 4.79 Å². The summed E-state index contributed by atoms with van der Waals surface area (Å²) >= 11 is 0. The second kappa shape index (κ2) is 12.5. The van der Waals surface area contributed by atoms with Crippen LogP contribution in [0.15, 0.2) is 78.9 Å². The van der Waals surface area contributed by atoms with E-state index in [1.807, 2.05) is 42.5 Å². The zero-order valence-electron chi connectivity index (χ0n) is 18.7. The second-order valence-electron chi connectivity index (χ2n) is 7.87. The highest BCUT2D eigenvalue weighted by atomic mass is 16.5. The molecule has 32 heavy (non-hydrogen) atoms. The van der Waals surface area contributed by atoms with Crippen molar-refractivity contribution in [3.63, 3.8) is 0 Å². The number of carbonyl (C=O) groups is 2. The maximum atomic E-state index is 12.9. The van der Waals surface area contributed by atoms with Crippen LogP contribution in [-0.2, 0) is 17.6 Å². The molecule has 166 valence electrons. The molecule has 1 N–H and O–H groups in total. The molecule has 0 unspecified atom stereocenters. The van der Waals surface area contributed by atoms with Crippen LogP contribution in [0.3, 0.4) is 0 Å². The van der Waals surface area contributed by atoms with E-state index >= 15 is 0 Å². The molecule has 3 rings (SSSR count). The zero-order chi connectivity index (χ0) is 22.6. The smallest absolute Gasteiger partial charge is 0.338 e. The van der Waals surface area contributed by atoms with E-state index in [2.05, 4.69) is 24.4 Å². The van der Waals surface area contributed by atoms with Crippen molar-refractivity contribution in [3.05, 3.63) is 101 Å². The van der Waals surface area contributed by atoms with Crippen LogP contribution in [0.4, 0.5) is 5.69 Å². The summed E-state index contributed by atoms with van der Waals surface area (Å²) < 4.78 is 5.32. The van der Waals surface area contributed by atoms with Gasteiger partial charge in [0.05, 0.1) is 12.2 Å². The normalized spacial score (nSPS) is 10.5. The maximum absolute atomic E-state index is 12.9. The fourth-order valence-corrected chi connectivity index (χ4v) is 3.55. The van der Waals surface area contributed by atoms with Gasteiger partial charge in [-0.05, 0) is 60.7 Å². The zero-order valence-corrected chi connectivity index (χ0v) is 18.7. The molecule has 3 aromatic carbocycles. The SMILES string of the molecule is CCCCCCOC(=O)c1ccc(NC(=O)c2ccccc2CCc2ccccc2)cc1. The number of rotatable bonds is 11. The summed E-state index contributed by atoms with van der Waals surface area (Å²) in [6.07, 6.45) is 5.93. The first-order valence-corrected chi connectivity index (χ1v) is 11.4. The van der Waals surface area contributed by atoms with Crippen LogP contribution in [0.2, 0.25) is 0 Å². The standard InChI is InChI=1S/C28H31NO3/c1-2-3-4-10-21-32-28(31)24-17-19-25(20-18-24)29-27(30)26-14-9-8-13-23(26)16-15-22-11-6-5-7-12-22/h5-9,11-14,17-20H,2-4,10,15-16,21H2,1H3,(H,29,30). The molecule has 0 aromatic heterocycles. The number of carbonyl (C=O) groups excluding carboxylic acids is 2. The van der Waals surface area contributed by atoms with Crippen molar-refractivity contribution in [2.45, 2.75) is 45.4 Å². The molecule has 0 bridgehead atoms. The minimum absolute atomic E-state index is 0.153. The first-order valence-electron chi connectivity index (χ1n) is 11.4. The molecule has 0 saturated heterocycles. The van der Waals surface area contributed by atoms with Crippen LogP contribution >= 0.6 is 0 Å². The van der Waals surface area contributed by atoms with E-state index in [0.717, 1.165) is 44.1 Å². The van der Waals surface area contributed by atoms with Crippen molar-refractivity contribution >= 4 is 17.6 Å². The van der Waals surface area contributed by atoms with E-state index in [9.17, 15) is 9.59 Å². The van der Waals surface area contributed by atoms with Gasteiger partial charge in [-0.2, -0.15) is 0 Å². The van der Waals surface area contributed by atoms with E-state index in [-0.39, 0.29) is 11.9 Å². The van der Waals surface area contributed by atoms with Gasteiger partial charge in [-0.1, -0.05) is 74.7 Å². The summed E-state index contributed by atoms with van der Waals surface area (Å²) in [7, 11) is 0. The molecule has 0 aliphatic rings. The van der Waals surface area contributed by atoms with Crippen molar-refractivity contribution in [2.75, 3.05) is 11.9 Å². The van der Waals surface area contributed by atoms with E-state index in [4.69, 9.17) is 4.74 Å². The summed E-state index contributed by atoms with van der Waals surface area (Å²) in [6.45, 7) is 2.59. The number of unbranched alkanes of at least 4 members (excludes halogenated alkanes) is 3. The van der Waals surface area contributed by atoms with Gasteiger partial charge >= 0.3 is 5.97 Å². The quantitative estimate of drug-likeness (QED) is 0.281. The van der Waals surface area contributed by atoms with Gasteiger partial charge in [-0.15, -0.1) is 0 Å². The average Bonchev–Trinajstić information content (AvgIpc) is 2.84. The monoisotopic (exact) mass is 429 g/mol. The van der Waals surface area contributed by atoms with E-state index in [0.29, 0.717) is 23.4 Å². The molecule has 0 fully saturated rings. The van der Waals surface area contributed by atoms with E-state index < -0.39 is 0 Å². The van der Waals surface area contributed by atoms with Gasteiger partial charge in [-0.25, -0.2) is 4.79 Å². The Hall–Kier alpha value is -3.40. The highest BCUT2D eigenvalue weighted by Gasteiger charge is 2.12. The molecule has 0 radical (unpaired) electrons. The molecule has 4 heteroatoms. The van der Waals surface area contributed by atoms with Crippen LogP contribution in [0.5, 0.6) is 0 Å². The minimum Gasteiger partial charge on any atom is -0.462 e. The number of hydrogen-bond donors (Lipinski definition) is 1. The lowest BCUT2D eigenvalue weighted by atomic mass is 9.99. The molecule has 0 saturated carbocycles. The number of anilines is 1. The fourth-order valence-electron chi connectivity index (χ4n) is 3.55. The van der Waals surface area contributed by atoms with Crippen LogP contribution in [0.1, 0.15) is 64.4 Å². The predicted octanol–water partition coefficient (Wildman–Crippen LogP) is 6.46. The van der Waals surface area contributed by atoms with Crippen molar-refractivity contribution in [3.8, 4) is 0 Å². The summed E-state index contributed by atoms with van der Waals surface area (Å²) in [5, 5.41) is 2.94. The molecular formula is C28H31NO3. The summed E-state index contributed by atoms with van der Waals surface area (Å²) in [6, 6.07) is 24.8. The second-order valence-corrected chi connectivity index (χ2v) is 7.87. The van der Waals surface area contributed by atoms with Gasteiger partial charge in [0, 0.05) is 11.3 Å². The number of ether oxygens (including phenoxy) is 1. The summed E-state index contributed by atoms with van der Waals surface area (Å²) in [5.74, 6) is -0.481. The van der Waals surface area contributed by atoms with Gasteiger partial charge in [0.25, 0.3) is 5.91 Å². The number of aryl methyl sites for hydroxylation is 2. The fraction of sp³-hybridized carbons (Fsp3) is 0.286. The van der Waals surface area contributed by atoms with Crippen molar-refractivity contribution in [1.82, 2.24) is 0 Å². The Morgan fingerprint density at radius 3 is 2.25 bits per heavy atom. The lowest BCUT2D eigenvalue weighted by molar-refractivity contribution is 0.0497. The molecule has 0 aliphatic carbocycles. The lowest BCUT2D eigenvalue weighted by Gasteiger charge is -2.11. The third kappa shape index (κ3) is 7.09.